The molecule has 0 aliphatic rings. The van der Waals surface area contributed by atoms with E-state index in [9.17, 15) is 0 Å². The summed E-state index contributed by atoms with van der Waals surface area (Å²) in [5.41, 5.74) is 0. The highest BCUT2D eigenvalue weighted by Crippen LogP contribution is 1.89. The number of rotatable bonds is 2. The monoisotopic (exact) mass is 140 g/mol. The van der Waals surface area contributed by atoms with Gasteiger partial charge in [-0.3, -0.25) is 0 Å². The van der Waals surface area contributed by atoms with Crippen LogP contribution in [0, 0.1) is 0 Å². The number of allylic oxidation sites excluding steroid dienone is 1. The predicted octanol–water partition coefficient (Wildman–Crippen LogP) is 1.31. The largest absolute Gasteiger partial charge is 0.321 e. The van der Waals surface area contributed by atoms with Crippen LogP contribution >= 0.6 is 0 Å². The van der Waals surface area contributed by atoms with Crippen molar-refractivity contribution in [2.75, 3.05) is 7.05 Å². The van der Waals surface area contributed by atoms with Crippen molar-refractivity contribution in [3.63, 3.8) is 0 Å². The fraction of sp³-hybridized carbons (Fsp3) is 0.500. The molecular weight excluding hydrogens is 128 g/mol. The van der Waals surface area contributed by atoms with Gasteiger partial charge in [0.1, 0.15) is 0 Å². The fourth-order valence-electron chi connectivity index (χ4n) is 0.458. The van der Waals surface area contributed by atoms with Crippen LogP contribution in [0.4, 0.5) is 0 Å². The van der Waals surface area contributed by atoms with Gasteiger partial charge >= 0.3 is 0 Å². The van der Waals surface area contributed by atoms with Crippen molar-refractivity contribution in [1.82, 2.24) is 0 Å². The Kier molecular flexibility index (Phi) is 5.23. The standard InChI is InChI=1S/C6H12N4/c1-3-4-5-6(9-7)10-8-2/h3-4H,5,7H2,1-2H3. The molecule has 0 spiro atoms. The lowest BCUT2D eigenvalue weighted by atomic mass is 10.4. The first-order valence-corrected chi connectivity index (χ1v) is 3.03. The quantitative estimate of drug-likeness (QED) is 0.154. The Labute approximate surface area is 60.5 Å². The van der Waals surface area contributed by atoms with E-state index in [1.165, 1.54) is 0 Å². The summed E-state index contributed by atoms with van der Waals surface area (Å²) in [5.74, 6) is 5.54. The van der Waals surface area contributed by atoms with Crippen molar-refractivity contribution in [3.8, 4) is 0 Å². The van der Waals surface area contributed by atoms with Crippen LogP contribution in [-0.4, -0.2) is 12.9 Å². The molecule has 0 aliphatic carbocycles. The minimum Gasteiger partial charge on any atom is -0.321 e. The van der Waals surface area contributed by atoms with Gasteiger partial charge in [-0.25, -0.2) is 0 Å². The topological polar surface area (TPSA) is 63.1 Å². The van der Waals surface area contributed by atoms with Crippen LogP contribution in [0.15, 0.2) is 27.5 Å². The molecule has 4 heteroatoms. The second-order valence-electron chi connectivity index (χ2n) is 1.62. The molecule has 0 aromatic carbocycles. The molecule has 2 N–H and O–H groups in total. The number of hydrogen-bond acceptors (Lipinski definition) is 3. The molecule has 0 aromatic rings. The summed E-state index contributed by atoms with van der Waals surface area (Å²) < 4.78 is 0. The average Bonchev–Trinajstić information content (AvgIpc) is 1.98. The third kappa shape index (κ3) is 3.77. The van der Waals surface area contributed by atoms with Crippen molar-refractivity contribution < 1.29 is 0 Å². The summed E-state index contributed by atoms with van der Waals surface area (Å²) in [6, 6.07) is 0. The van der Waals surface area contributed by atoms with Crippen molar-refractivity contribution in [3.05, 3.63) is 12.2 Å². The van der Waals surface area contributed by atoms with E-state index in [-0.39, 0.29) is 0 Å². The molecule has 10 heavy (non-hydrogen) atoms. The molecule has 0 fully saturated rings. The molecule has 0 atom stereocenters. The average molecular weight is 140 g/mol. The van der Waals surface area contributed by atoms with E-state index in [4.69, 9.17) is 5.84 Å². The molecule has 0 bridgehead atoms. The zero-order valence-corrected chi connectivity index (χ0v) is 6.28. The van der Waals surface area contributed by atoms with Crippen molar-refractivity contribution >= 4 is 5.84 Å². The normalized spacial score (nSPS) is 13.6. The maximum Gasteiger partial charge on any atom is 0.173 e. The minimum absolute atomic E-state index is 0.542. The van der Waals surface area contributed by atoms with Crippen LogP contribution < -0.4 is 5.84 Å². The molecule has 56 valence electrons. The van der Waals surface area contributed by atoms with Gasteiger partial charge in [0.2, 0.25) is 0 Å². The van der Waals surface area contributed by atoms with E-state index in [1.54, 1.807) is 7.05 Å². The Balaban J connectivity index is 3.85. The van der Waals surface area contributed by atoms with Crippen LogP contribution in [0.1, 0.15) is 13.3 Å². The highest BCUT2D eigenvalue weighted by atomic mass is 15.2. The molecule has 4 nitrogen and oxygen atoms in total. The molecule has 0 aliphatic heterocycles. The maximum absolute atomic E-state index is 5.00. The molecular formula is C6H12N4. The van der Waals surface area contributed by atoms with Crippen molar-refractivity contribution in [2.24, 2.45) is 21.2 Å². The molecule has 0 saturated heterocycles. The van der Waals surface area contributed by atoms with Crippen LogP contribution in [0.25, 0.3) is 0 Å². The summed E-state index contributed by atoms with van der Waals surface area (Å²) in [4.78, 5) is 0. The zero-order chi connectivity index (χ0) is 7.82. The smallest absolute Gasteiger partial charge is 0.173 e. The number of hydrogen-bond donors (Lipinski definition) is 1. The lowest BCUT2D eigenvalue weighted by molar-refractivity contribution is 1.12. The summed E-state index contributed by atoms with van der Waals surface area (Å²) in [5, 5.41) is 10.6. The Morgan fingerprint density at radius 1 is 1.60 bits per heavy atom. The summed E-state index contributed by atoms with van der Waals surface area (Å²) in [7, 11) is 1.58. The first-order chi connectivity index (χ1) is 4.85. The second kappa shape index (κ2) is 5.94. The van der Waals surface area contributed by atoms with Gasteiger partial charge in [-0.05, 0) is 6.92 Å². The Morgan fingerprint density at radius 3 is 2.70 bits per heavy atom. The van der Waals surface area contributed by atoms with E-state index in [2.05, 4.69) is 15.3 Å². The molecule has 0 unspecified atom stereocenters. The summed E-state index contributed by atoms with van der Waals surface area (Å²) in [6.07, 6.45) is 4.47. The van der Waals surface area contributed by atoms with Crippen molar-refractivity contribution in [1.29, 1.82) is 0 Å². The third-order valence-corrected chi connectivity index (χ3v) is 0.901. The summed E-state index contributed by atoms with van der Waals surface area (Å²) in [6.45, 7) is 1.93. The Morgan fingerprint density at radius 2 is 2.30 bits per heavy atom. The molecule has 0 rings (SSSR count). The highest BCUT2D eigenvalue weighted by Gasteiger charge is 1.89. The first-order valence-electron chi connectivity index (χ1n) is 3.03. The van der Waals surface area contributed by atoms with Gasteiger partial charge in [-0.15, -0.1) is 5.11 Å². The third-order valence-electron chi connectivity index (χ3n) is 0.901. The Bertz CT molecular complexity index is 157. The molecule has 0 heterocycles. The molecule has 0 radical (unpaired) electrons. The Hall–Kier alpha value is -1.19. The van der Waals surface area contributed by atoms with Gasteiger partial charge in [0.25, 0.3) is 0 Å². The number of nitrogens with zero attached hydrogens (tertiary/aromatic N) is 3. The number of azo groups is 1. The lowest BCUT2D eigenvalue weighted by Crippen LogP contribution is -1.95. The van der Waals surface area contributed by atoms with Crippen LogP contribution in [0.5, 0.6) is 0 Å². The van der Waals surface area contributed by atoms with Gasteiger partial charge in [-0.2, -0.15) is 10.2 Å². The van der Waals surface area contributed by atoms with Crippen LogP contribution in [0.3, 0.4) is 0 Å². The molecule has 0 aromatic heterocycles. The highest BCUT2D eigenvalue weighted by molar-refractivity contribution is 5.83. The first kappa shape index (κ1) is 8.81. The van der Waals surface area contributed by atoms with Gasteiger partial charge in [0.15, 0.2) is 5.84 Å². The number of amidine groups is 1. The van der Waals surface area contributed by atoms with Crippen molar-refractivity contribution in [2.45, 2.75) is 13.3 Å². The number of hydrazone groups is 1. The van der Waals surface area contributed by atoms with E-state index >= 15 is 0 Å². The van der Waals surface area contributed by atoms with E-state index in [0.29, 0.717) is 12.3 Å². The minimum atomic E-state index is 0.542. The molecule has 0 amide bonds. The number of nitrogens with two attached hydrogens (primary N) is 1. The fourth-order valence-corrected chi connectivity index (χ4v) is 0.458. The van der Waals surface area contributed by atoms with Gasteiger partial charge in [-0.1, -0.05) is 12.2 Å². The van der Waals surface area contributed by atoms with Gasteiger partial charge < -0.3 is 5.84 Å². The van der Waals surface area contributed by atoms with Crippen LogP contribution in [0.2, 0.25) is 0 Å². The van der Waals surface area contributed by atoms with E-state index in [0.717, 1.165) is 0 Å². The second-order valence-corrected chi connectivity index (χ2v) is 1.62. The zero-order valence-electron chi connectivity index (χ0n) is 6.28. The van der Waals surface area contributed by atoms with Gasteiger partial charge in [0, 0.05) is 13.5 Å². The SMILES string of the molecule is CC=CCC(N=NC)=NN. The van der Waals surface area contributed by atoms with E-state index < -0.39 is 0 Å². The maximum atomic E-state index is 5.00. The van der Waals surface area contributed by atoms with Gasteiger partial charge in [0.05, 0.1) is 0 Å². The van der Waals surface area contributed by atoms with Crippen LogP contribution in [-0.2, 0) is 0 Å². The van der Waals surface area contributed by atoms with E-state index in [1.807, 2.05) is 19.1 Å². The lowest BCUT2D eigenvalue weighted by Gasteiger charge is -1.88. The molecule has 0 saturated carbocycles. The summed E-state index contributed by atoms with van der Waals surface area (Å²) >= 11 is 0. The predicted molar refractivity (Wildman–Crippen MR) is 41.8 cm³/mol.